The maximum absolute atomic E-state index is 10.3. The molecule has 0 aliphatic carbocycles. The molecule has 56 valence electrons. The third kappa shape index (κ3) is 2.94. The number of nitrogens with zero attached hydrogens (tertiary/aromatic N) is 3. The van der Waals surface area contributed by atoms with Gasteiger partial charge < -0.3 is 5.11 Å². The van der Waals surface area contributed by atoms with Crippen LogP contribution in [-0.2, 0) is 4.79 Å². The van der Waals surface area contributed by atoms with Gasteiger partial charge in [0.1, 0.15) is 0 Å². The lowest BCUT2D eigenvalue weighted by Crippen LogP contribution is -2.15. The van der Waals surface area contributed by atoms with Crippen LogP contribution in [0.25, 0.3) is 10.4 Å². The van der Waals surface area contributed by atoms with Gasteiger partial charge in [-0.1, -0.05) is 12.0 Å². The van der Waals surface area contributed by atoms with Gasteiger partial charge in [-0.3, -0.25) is 4.79 Å². The molecule has 0 fully saturated rings. The van der Waals surface area contributed by atoms with Crippen LogP contribution in [0.2, 0.25) is 0 Å². The Kier molecular flexibility index (Phi) is 4.07. The molecule has 0 aromatic heterocycles. The van der Waals surface area contributed by atoms with Crippen LogP contribution in [0.15, 0.2) is 5.11 Å². The maximum Gasteiger partial charge on any atom is 0.306 e. The number of hydrogen-bond acceptors (Lipinski definition) is 2. The second-order valence-electron chi connectivity index (χ2n) is 1.86. The molecule has 0 saturated heterocycles. The van der Waals surface area contributed by atoms with Gasteiger partial charge in [0.15, 0.2) is 0 Å². The van der Waals surface area contributed by atoms with Crippen molar-refractivity contribution in [2.75, 3.05) is 6.54 Å². The van der Waals surface area contributed by atoms with Crippen molar-refractivity contribution in [3.05, 3.63) is 10.4 Å². The fourth-order valence-electron chi connectivity index (χ4n) is 0.517. The summed E-state index contributed by atoms with van der Waals surface area (Å²) in [7, 11) is 0. The molecule has 0 spiro atoms. The van der Waals surface area contributed by atoms with Crippen LogP contribution in [0, 0.1) is 5.92 Å². The van der Waals surface area contributed by atoms with Crippen molar-refractivity contribution in [2.45, 2.75) is 13.3 Å². The van der Waals surface area contributed by atoms with E-state index in [2.05, 4.69) is 10.0 Å². The van der Waals surface area contributed by atoms with Gasteiger partial charge >= 0.3 is 5.97 Å². The lowest BCUT2D eigenvalue weighted by atomic mass is 10.1. The minimum atomic E-state index is -0.908. The first-order chi connectivity index (χ1) is 4.72. The summed E-state index contributed by atoms with van der Waals surface area (Å²) in [6.07, 6.45) is 0.494. The summed E-state index contributed by atoms with van der Waals surface area (Å²) in [5.74, 6) is -1.44. The zero-order chi connectivity index (χ0) is 7.98. The lowest BCUT2D eigenvalue weighted by Gasteiger charge is -2.02. The Hall–Kier alpha value is -1.22. The Morgan fingerprint density at radius 1 is 1.90 bits per heavy atom. The van der Waals surface area contributed by atoms with Crippen molar-refractivity contribution in [3.63, 3.8) is 0 Å². The first kappa shape index (κ1) is 8.78. The third-order valence-corrected chi connectivity index (χ3v) is 1.21. The van der Waals surface area contributed by atoms with Crippen molar-refractivity contribution in [1.82, 2.24) is 0 Å². The van der Waals surface area contributed by atoms with Gasteiger partial charge in [0.25, 0.3) is 0 Å². The summed E-state index contributed by atoms with van der Waals surface area (Å²) in [6, 6.07) is 0. The van der Waals surface area contributed by atoms with Crippen LogP contribution in [0.3, 0.4) is 0 Å². The molecule has 1 atom stereocenters. The first-order valence-corrected chi connectivity index (χ1v) is 2.96. The standard InChI is InChI=1S/C5H9N3O2/c1-2-4(5(9)10)3-7-8-6/h4H,2-3H2,1H3,(H,9,10)/t4-/m0/s1. The van der Waals surface area contributed by atoms with Crippen molar-refractivity contribution < 1.29 is 9.90 Å². The van der Waals surface area contributed by atoms with Crippen LogP contribution in [0.5, 0.6) is 0 Å². The molecule has 0 unspecified atom stereocenters. The molecule has 0 bridgehead atoms. The Morgan fingerprint density at radius 3 is 2.80 bits per heavy atom. The van der Waals surface area contributed by atoms with E-state index in [1.54, 1.807) is 6.92 Å². The molecule has 0 saturated carbocycles. The monoisotopic (exact) mass is 143 g/mol. The average molecular weight is 143 g/mol. The zero-order valence-corrected chi connectivity index (χ0v) is 5.69. The highest BCUT2D eigenvalue weighted by atomic mass is 16.4. The Bertz CT molecular complexity index is 162. The SMILES string of the molecule is CC[C@@H](CN=[N+]=[N-])C(=O)O. The van der Waals surface area contributed by atoms with E-state index in [-0.39, 0.29) is 6.54 Å². The van der Waals surface area contributed by atoms with E-state index in [0.29, 0.717) is 6.42 Å². The number of azide groups is 1. The van der Waals surface area contributed by atoms with Gasteiger partial charge in [-0.05, 0) is 12.0 Å². The largest absolute Gasteiger partial charge is 0.481 e. The van der Waals surface area contributed by atoms with Crippen LogP contribution >= 0.6 is 0 Å². The van der Waals surface area contributed by atoms with Gasteiger partial charge in [-0.2, -0.15) is 0 Å². The fourth-order valence-corrected chi connectivity index (χ4v) is 0.517. The smallest absolute Gasteiger partial charge is 0.306 e. The third-order valence-electron chi connectivity index (χ3n) is 1.21. The van der Waals surface area contributed by atoms with Crippen LogP contribution in [-0.4, -0.2) is 17.6 Å². The van der Waals surface area contributed by atoms with E-state index in [1.165, 1.54) is 0 Å². The number of carboxylic acids is 1. The Labute approximate surface area is 58.3 Å². The maximum atomic E-state index is 10.3. The summed E-state index contributed by atoms with van der Waals surface area (Å²) in [6.45, 7) is 1.79. The number of carbonyl (C=O) groups is 1. The van der Waals surface area contributed by atoms with E-state index < -0.39 is 11.9 Å². The topological polar surface area (TPSA) is 86.1 Å². The molecule has 0 aliphatic heterocycles. The Morgan fingerprint density at radius 2 is 2.50 bits per heavy atom. The van der Waals surface area contributed by atoms with E-state index in [4.69, 9.17) is 10.6 Å². The van der Waals surface area contributed by atoms with E-state index >= 15 is 0 Å². The van der Waals surface area contributed by atoms with E-state index in [0.717, 1.165) is 0 Å². The molecule has 5 heteroatoms. The second kappa shape index (κ2) is 4.64. The molecule has 0 aromatic carbocycles. The summed E-state index contributed by atoms with van der Waals surface area (Å²) < 4.78 is 0. The lowest BCUT2D eigenvalue weighted by molar-refractivity contribution is -0.141. The molecular formula is C5H9N3O2. The van der Waals surface area contributed by atoms with Gasteiger partial charge in [0.2, 0.25) is 0 Å². The van der Waals surface area contributed by atoms with Gasteiger partial charge in [0.05, 0.1) is 5.92 Å². The minimum absolute atomic E-state index is 0.0440. The quantitative estimate of drug-likeness (QED) is 0.366. The number of aliphatic carboxylic acids is 1. The molecule has 0 rings (SSSR count). The van der Waals surface area contributed by atoms with Crippen molar-refractivity contribution in [2.24, 2.45) is 11.0 Å². The van der Waals surface area contributed by atoms with Crippen molar-refractivity contribution in [3.8, 4) is 0 Å². The molecule has 0 amide bonds. The number of rotatable bonds is 4. The first-order valence-electron chi connectivity index (χ1n) is 2.96. The summed E-state index contributed by atoms with van der Waals surface area (Å²) in [4.78, 5) is 12.7. The number of hydrogen-bond donors (Lipinski definition) is 1. The van der Waals surface area contributed by atoms with E-state index in [9.17, 15) is 4.79 Å². The molecule has 0 heterocycles. The molecule has 10 heavy (non-hydrogen) atoms. The second-order valence-corrected chi connectivity index (χ2v) is 1.86. The summed E-state index contributed by atoms with van der Waals surface area (Å²) in [5.41, 5.74) is 7.86. The molecule has 0 aromatic rings. The highest BCUT2D eigenvalue weighted by Crippen LogP contribution is 2.02. The van der Waals surface area contributed by atoms with Crippen molar-refractivity contribution in [1.29, 1.82) is 0 Å². The highest BCUT2D eigenvalue weighted by Gasteiger charge is 2.12. The molecule has 0 aliphatic rings. The molecule has 0 radical (unpaired) electrons. The van der Waals surface area contributed by atoms with Gasteiger partial charge in [-0.15, -0.1) is 0 Å². The zero-order valence-electron chi connectivity index (χ0n) is 5.69. The molecule has 5 nitrogen and oxygen atoms in total. The van der Waals surface area contributed by atoms with Crippen molar-refractivity contribution >= 4 is 5.97 Å². The van der Waals surface area contributed by atoms with Gasteiger partial charge in [0, 0.05) is 11.5 Å². The predicted molar refractivity (Wildman–Crippen MR) is 35.4 cm³/mol. The van der Waals surface area contributed by atoms with E-state index in [1.807, 2.05) is 0 Å². The number of carboxylic acid groups (broad SMARTS) is 1. The average Bonchev–Trinajstić information content (AvgIpc) is 1.89. The van der Waals surface area contributed by atoms with Crippen LogP contribution in [0.4, 0.5) is 0 Å². The molecule has 1 N–H and O–H groups in total. The highest BCUT2D eigenvalue weighted by molar-refractivity contribution is 5.70. The Balaban J connectivity index is 3.82. The van der Waals surface area contributed by atoms with Gasteiger partial charge in [-0.25, -0.2) is 0 Å². The normalized spacial score (nSPS) is 11.7. The summed E-state index contributed by atoms with van der Waals surface area (Å²) >= 11 is 0. The minimum Gasteiger partial charge on any atom is -0.481 e. The fraction of sp³-hybridized carbons (Fsp3) is 0.800. The van der Waals surface area contributed by atoms with Crippen LogP contribution < -0.4 is 0 Å². The van der Waals surface area contributed by atoms with Crippen LogP contribution in [0.1, 0.15) is 13.3 Å². The predicted octanol–water partition coefficient (Wildman–Crippen LogP) is 1.41. The molecular weight excluding hydrogens is 134 g/mol. The summed E-state index contributed by atoms with van der Waals surface area (Å²) in [5, 5.41) is 11.6.